The normalized spacial score (nSPS) is 14.8. The molecule has 0 aliphatic heterocycles. The van der Waals surface area contributed by atoms with Crippen molar-refractivity contribution in [2.75, 3.05) is 30.9 Å². The molecular weight excluding hydrogens is 223 g/mol. The van der Waals surface area contributed by atoms with Gasteiger partial charge in [0.05, 0.1) is 25.1 Å². The fourth-order valence-corrected chi connectivity index (χ4v) is 1.96. The SMILES string of the molecule is COc1cc(N(CCO)C2CC2)c(N)cc1F. The number of methoxy groups -OCH3 is 1. The summed E-state index contributed by atoms with van der Waals surface area (Å²) < 4.78 is 18.4. The first-order valence-corrected chi connectivity index (χ1v) is 5.68. The second kappa shape index (κ2) is 4.79. The summed E-state index contributed by atoms with van der Waals surface area (Å²) in [4.78, 5) is 2.01. The van der Waals surface area contributed by atoms with Crippen molar-refractivity contribution < 1.29 is 14.2 Å². The van der Waals surface area contributed by atoms with E-state index in [1.165, 1.54) is 13.2 Å². The van der Waals surface area contributed by atoms with Crippen molar-refractivity contribution in [3.63, 3.8) is 0 Å². The van der Waals surface area contributed by atoms with Gasteiger partial charge in [-0.15, -0.1) is 0 Å². The molecule has 0 spiro atoms. The zero-order valence-electron chi connectivity index (χ0n) is 9.82. The summed E-state index contributed by atoms with van der Waals surface area (Å²) in [6, 6.07) is 3.26. The minimum atomic E-state index is -0.464. The third-order valence-corrected chi connectivity index (χ3v) is 2.94. The van der Waals surface area contributed by atoms with Crippen LogP contribution in [-0.2, 0) is 0 Å². The first kappa shape index (κ1) is 12.0. The van der Waals surface area contributed by atoms with Crippen LogP contribution in [0.15, 0.2) is 12.1 Å². The van der Waals surface area contributed by atoms with Crippen LogP contribution in [-0.4, -0.2) is 31.4 Å². The average Bonchev–Trinajstić information content (AvgIpc) is 3.11. The number of anilines is 2. The molecule has 0 heterocycles. The maximum absolute atomic E-state index is 13.4. The van der Waals surface area contributed by atoms with Crippen LogP contribution in [0.2, 0.25) is 0 Å². The summed E-state index contributed by atoms with van der Waals surface area (Å²) in [7, 11) is 1.42. The summed E-state index contributed by atoms with van der Waals surface area (Å²) in [5.41, 5.74) is 6.94. The Balaban J connectivity index is 2.34. The second-order valence-corrected chi connectivity index (χ2v) is 4.19. The first-order valence-electron chi connectivity index (χ1n) is 5.68. The van der Waals surface area contributed by atoms with Crippen molar-refractivity contribution in [3.05, 3.63) is 17.9 Å². The topological polar surface area (TPSA) is 58.7 Å². The molecule has 0 aromatic heterocycles. The molecule has 1 aliphatic carbocycles. The summed E-state index contributed by atoms with van der Waals surface area (Å²) in [6.07, 6.45) is 2.16. The molecule has 1 aromatic carbocycles. The Bertz CT molecular complexity index is 408. The molecule has 1 aromatic rings. The minimum Gasteiger partial charge on any atom is -0.494 e. The Labute approximate surface area is 99.8 Å². The third kappa shape index (κ3) is 2.44. The van der Waals surface area contributed by atoms with Gasteiger partial charge in [-0.3, -0.25) is 0 Å². The van der Waals surface area contributed by atoms with Gasteiger partial charge < -0.3 is 20.5 Å². The van der Waals surface area contributed by atoms with Gasteiger partial charge in [-0.25, -0.2) is 4.39 Å². The number of aliphatic hydroxyl groups excluding tert-OH is 1. The predicted molar refractivity (Wildman–Crippen MR) is 64.8 cm³/mol. The number of aliphatic hydroxyl groups is 1. The molecule has 0 bridgehead atoms. The fraction of sp³-hybridized carbons (Fsp3) is 0.500. The van der Waals surface area contributed by atoms with E-state index in [1.54, 1.807) is 6.07 Å². The molecule has 3 N–H and O–H groups in total. The number of nitrogen functional groups attached to an aromatic ring is 1. The Morgan fingerprint density at radius 3 is 2.76 bits per heavy atom. The van der Waals surface area contributed by atoms with Crippen molar-refractivity contribution in [2.24, 2.45) is 0 Å². The molecule has 0 saturated heterocycles. The van der Waals surface area contributed by atoms with Crippen LogP contribution in [0, 0.1) is 5.82 Å². The van der Waals surface area contributed by atoms with Gasteiger partial charge >= 0.3 is 0 Å². The number of rotatable bonds is 5. The highest BCUT2D eigenvalue weighted by molar-refractivity contribution is 5.71. The molecule has 94 valence electrons. The molecule has 1 aliphatic rings. The standard InChI is InChI=1S/C12H17FN2O2/c1-17-12-7-11(10(14)6-9(12)13)15(4-5-16)8-2-3-8/h6-8,16H,2-5,14H2,1H3. The minimum absolute atomic E-state index is 0.0512. The van der Waals surface area contributed by atoms with Crippen LogP contribution in [0.4, 0.5) is 15.8 Å². The van der Waals surface area contributed by atoms with E-state index in [9.17, 15) is 4.39 Å². The van der Waals surface area contributed by atoms with Gasteiger partial charge in [0.2, 0.25) is 0 Å². The lowest BCUT2D eigenvalue weighted by molar-refractivity contribution is 0.301. The van der Waals surface area contributed by atoms with Crippen LogP contribution in [0.5, 0.6) is 5.75 Å². The maximum Gasteiger partial charge on any atom is 0.167 e. The van der Waals surface area contributed by atoms with Gasteiger partial charge in [-0.1, -0.05) is 0 Å². The molecule has 2 rings (SSSR count). The molecule has 5 heteroatoms. The van der Waals surface area contributed by atoms with Crippen molar-refractivity contribution in [1.29, 1.82) is 0 Å². The zero-order chi connectivity index (χ0) is 12.4. The average molecular weight is 240 g/mol. The third-order valence-electron chi connectivity index (χ3n) is 2.94. The number of benzene rings is 1. The highest BCUT2D eigenvalue weighted by Gasteiger charge is 2.30. The molecular formula is C12H17FN2O2. The Morgan fingerprint density at radius 2 is 2.24 bits per heavy atom. The lowest BCUT2D eigenvalue weighted by Gasteiger charge is -2.25. The predicted octanol–water partition coefficient (Wildman–Crippen LogP) is 1.38. The summed E-state index contributed by atoms with van der Waals surface area (Å²) in [6.45, 7) is 0.555. The largest absolute Gasteiger partial charge is 0.494 e. The van der Waals surface area contributed by atoms with Gasteiger partial charge in [0.25, 0.3) is 0 Å². The van der Waals surface area contributed by atoms with Gasteiger partial charge in [-0.2, -0.15) is 0 Å². The van der Waals surface area contributed by atoms with E-state index >= 15 is 0 Å². The second-order valence-electron chi connectivity index (χ2n) is 4.19. The van der Waals surface area contributed by atoms with Gasteiger partial charge in [0.1, 0.15) is 0 Å². The molecule has 4 nitrogen and oxygen atoms in total. The molecule has 0 unspecified atom stereocenters. The van der Waals surface area contributed by atoms with E-state index in [2.05, 4.69) is 0 Å². The van der Waals surface area contributed by atoms with Crippen molar-refractivity contribution >= 4 is 11.4 Å². The van der Waals surface area contributed by atoms with Gasteiger partial charge in [0, 0.05) is 24.7 Å². The smallest absolute Gasteiger partial charge is 0.167 e. The summed E-state index contributed by atoms with van der Waals surface area (Å²) >= 11 is 0. The fourth-order valence-electron chi connectivity index (χ4n) is 1.96. The van der Waals surface area contributed by atoms with Crippen molar-refractivity contribution in [1.82, 2.24) is 0 Å². The highest BCUT2D eigenvalue weighted by Crippen LogP contribution is 2.37. The van der Waals surface area contributed by atoms with Crippen LogP contribution >= 0.6 is 0 Å². The van der Waals surface area contributed by atoms with Crippen molar-refractivity contribution in [2.45, 2.75) is 18.9 Å². The van der Waals surface area contributed by atoms with Crippen LogP contribution in [0.25, 0.3) is 0 Å². The lowest BCUT2D eigenvalue weighted by atomic mass is 10.2. The number of nitrogens with zero attached hydrogens (tertiary/aromatic N) is 1. The van der Waals surface area contributed by atoms with E-state index in [4.69, 9.17) is 15.6 Å². The van der Waals surface area contributed by atoms with Crippen LogP contribution in [0.1, 0.15) is 12.8 Å². The van der Waals surface area contributed by atoms with E-state index in [0.717, 1.165) is 18.5 Å². The zero-order valence-corrected chi connectivity index (χ0v) is 9.82. The number of nitrogens with two attached hydrogens (primary N) is 1. The monoisotopic (exact) mass is 240 g/mol. The van der Waals surface area contributed by atoms with E-state index in [-0.39, 0.29) is 12.4 Å². The molecule has 0 atom stereocenters. The Kier molecular flexibility index (Phi) is 3.38. The Morgan fingerprint density at radius 1 is 1.53 bits per heavy atom. The van der Waals surface area contributed by atoms with Gasteiger partial charge in [0.15, 0.2) is 11.6 Å². The molecule has 1 fully saturated rings. The van der Waals surface area contributed by atoms with E-state index < -0.39 is 5.82 Å². The maximum atomic E-state index is 13.4. The van der Waals surface area contributed by atoms with Crippen LogP contribution < -0.4 is 15.4 Å². The van der Waals surface area contributed by atoms with Gasteiger partial charge in [-0.05, 0) is 12.8 Å². The first-order chi connectivity index (χ1) is 8.17. The molecule has 0 amide bonds. The quantitative estimate of drug-likeness (QED) is 0.763. The number of halogens is 1. The molecule has 17 heavy (non-hydrogen) atoms. The van der Waals surface area contributed by atoms with E-state index in [0.29, 0.717) is 18.3 Å². The van der Waals surface area contributed by atoms with E-state index in [1.807, 2.05) is 4.90 Å². The highest BCUT2D eigenvalue weighted by atomic mass is 19.1. The summed E-state index contributed by atoms with van der Waals surface area (Å²) in [5, 5.41) is 9.06. The number of hydrogen-bond acceptors (Lipinski definition) is 4. The number of hydrogen-bond donors (Lipinski definition) is 2. The summed E-state index contributed by atoms with van der Waals surface area (Å²) in [5.74, 6) is -0.286. The van der Waals surface area contributed by atoms with Crippen LogP contribution in [0.3, 0.4) is 0 Å². The van der Waals surface area contributed by atoms with Crippen molar-refractivity contribution in [3.8, 4) is 5.75 Å². The molecule has 0 radical (unpaired) electrons. The Hall–Kier alpha value is -1.49. The molecule has 1 saturated carbocycles. The number of ether oxygens (including phenoxy) is 1. The lowest BCUT2D eigenvalue weighted by Crippen LogP contribution is -2.29.